The van der Waals surface area contributed by atoms with Crippen LogP contribution in [-0.4, -0.2) is 64.9 Å². The molecule has 0 saturated heterocycles. The van der Waals surface area contributed by atoms with Crippen molar-refractivity contribution in [2.24, 2.45) is 4.99 Å². The Bertz CT molecular complexity index is 491. The Hall–Kier alpha value is -1.73. The van der Waals surface area contributed by atoms with E-state index in [-0.39, 0.29) is 12.0 Å². The largest absolute Gasteiger partial charge is 0.385 e. The van der Waals surface area contributed by atoms with Crippen molar-refractivity contribution in [3.05, 3.63) is 35.4 Å². The van der Waals surface area contributed by atoms with E-state index in [2.05, 4.69) is 27.6 Å². The first kappa shape index (κ1) is 20.3. The third-order valence-corrected chi connectivity index (χ3v) is 3.63. The van der Waals surface area contributed by atoms with Crippen molar-refractivity contribution in [2.45, 2.75) is 12.8 Å². The predicted molar refractivity (Wildman–Crippen MR) is 93.4 cm³/mol. The number of methoxy groups -OCH3 is 1. The van der Waals surface area contributed by atoms with Gasteiger partial charge in [0.05, 0.1) is 0 Å². The van der Waals surface area contributed by atoms with Gasteiger partial charge in [-0.1, -0.05) is 6.07 Å². The molecule has 24 heavy (non-hydrogen) atoms. The van der Waals surface area contributed by atoms with Gasteiger partial charge < -0.3 is 20.3 Å². The van der Waals surface area contributed by atoms with E-state index < -0.39 is 11.6 Å². The Kier molecular flexibility index (Phi) is 9.95. The Morgan fingerprint density at radius 2 is 1.83 bits per heavy atom. The third-order valence-electron chi connectivity index (χ3n) is 3.63. The first-order valence-corrected chi connectivity index (χ1v) is 8.13. The van der Waals surface area contributed by atoms with Crippen molar-refractivity contribution in [3.8, 4) is 0 Å². The molecule has 1 rings (SSSR count). The number of hydrogen-bond acceptors (Lipinski definition) is 3. The van der Waals surface area contributed by atoms with E-state index in [9.17, 15) is 8.78 Å². The summed E-state index contributed by atoms with van der Waals surface area (Å²) in [6.07, 6.45) is 1.25. The van der Waals surface area contributed by atoms with Gasteiger partial charge in [0, 0.05) is 52.5 Å². The van der Waals surface area contributed by atoms with Gasteiger partial charge in [-0.05, 0) is 32.0 Å². The standard InChI is InChI=1S/C17H28F2N4O/c1-20-17(22-10-12-23(2)11-5-13-24-3)21-9-8-14-15(18)6-4-7-16(14)19/h4,6-7H,5,8-13H2,1-3H3,(H2,20,21,22). The molecule has 0 atom stereocenters. The van der Waals surface area contributed by atoms with Crippen LogP contribution in [0, 0.1) is 11.6 Å². The summed E-state index contributed by atoms with van der Waals surface area (Å²) in [5.74, 6) is -0.410. The molecule has 0 aliphatic heterocycles. The van der Waals surface area contributed by atoms with Crippen LogP contribution in [0.3, 0.4) is 0 Å². The van der Waals surface area contributed by atoms with Crippen molar-refractivity contribution in [2.75, 3.05) is 54.0 Å². The van der Waals surface area contributed by atoms with E-state index in [1.807, 2.05) is 0 Å². The quantitative estimate of drug-likeness (QED) is 0.386. The summed E-state index contributed by atoms with van der Waals surface area (Å²) >= 11 is 0. The molecule has 1 aromatic rings. The van der Waals surface area contributed by atoms with Crippen LogP contribution in [0.15, 0.2) is 23.2 Å². The highest BCUT2D eigenvalue weighted by Gasteiger charge is 2.08. The lowest BCUT2D eigenvalue weighted by Gasteiger charge is -2.18. The molecule has 1 aromatic carbocycles. The summed E-state index contributed by atoms with van der Waals surface area (Å²) in [6.45, 7) is 3.73. The van der Waals surface area contributed by atoms with E-state index in [0.717, 1.165) is 32.7 Å². The first-order valence-electron chi connectivity index (χ1n) is 8.13. The minimum atomic E-state index is -0.516. The highest BCUT2D eigenvalue weighted by atomic mass is 19.1. The lowest BCUT2D eigenvalue weighted by atomic mass is 10.1. The van der Waals surface area contributed by atoms with Gasteiger partial charge in [-0.25, -0.2) is 8.78 Å². The lowest BCUT2D eigenvalue weighted by molar-refractivity contribution is 0.180. The zero-order valence-corrected chi connectivity index (χ0v) is 14.7. The molecule has 0 amide bonds. The second-order valence-electron chi connectivity index (χ2n) is 5.53. The average molecular weight is 342 g/mol. The average Bonchev–Trinajstić information content (AvgIpc) is 2.56. The first-order chi connectivity index (χ1) is 11.6. The molecule has 0 bridgehead atoms. The maximum atomic E-state index is 13.5. The van der Waals surface area contributed by atoms with Gasteiger partial charge in [0.25, 0.3) is 0 Å². The van der Waals surface area contributed by atoms with Crippen LogP contribution in [0.2, 0.25) is 0 Å². The molecule has 5 nitrogen and oxygen atoms in total. The minimum Gasteiger partial charge on any atom is -0.385 e. The van der Waals surface area contributed by atoms with Gasteiger partial charge in [-0.15, -0.1) is 0 Å². The van der Waals surface area contributed by atoms with Gasteiger partial charge in [0.15, 0.2) is 5.96 Å². The van der Waals surface area contributed by atoms with E-state index in [0.29, 0.717) is 12.5 Å². The molecular weight excluding hydrogens is 314 g/mol. The fourth-order valence-corrected chi connectivity index (χ4v) is 2.25. The van der Waals surface area contributed by atoms with Crippen LogP contribution in [0.1, 0.15) is 12.0 Å². The molecule has 0 aliphatic carbocycles. The van der Waals surface area contributed by atoms with Gasteiger partial charge in [-0.2, -0.15) is 0 Å². The van der Waals surface area contributed by atoms with Crippen molar-refractivity contribution in [1.29, 1.82) is 0 Å². The minimum absolute atomic E-state index is 0.0957. The van der Waals surface area contributed by atoms with Crippen molar-refractivity contribution >= 4 is 5.96 Å². The van der Waals surface area contributed by atoms with Crippen molar-refractivity contribution < 1.29 is 13.5 Å². The number of ether oxygens (including phenoxy) is 1. The van der Waals surface area contributed by atoms with Crippen LogP contribution < -0.4 is 10.6 Å². The molecule has 0 aliphatic rings. The van der Waals surface area contributed by atoms with Crippen molar-refractivity contribution in [3.63, 3.8) is 0 Å². The van der Waals surface area contributed by atoms with Crippen LogP contribution in [0.4, 0.5) is 8.78 Å². The summed E-state index contributed by atoms with van der Waals surface area (Å²) in [4.78, 5) is 6.31. The molecule has 0 spiro atoms. The molecule has 0 aromatic heterocycles. The Labute approximate surface area is 143 Å². The van der Waals surface area contributed by atoms with Crippen molar-refractivity contribution in [1.82, 2.24) is 15.5 Å². The Morgan fingerprint density at radius 1 is 1.17 bits per heavy atom. The topological polar surface area (TPSA) is 48.9 Å². The fourth-order valence-electron chi connectivity index (χ4n) is 2.25. The molecule has 0 fully saturated rings. The molecule has 0 unspecified atom stereocenters. The predicted octanol–water partition coefficient (Wildman–Crippen LogP) is 1.64. The molecule has 136 valence electrons. The number of aliphatic imine (C=N–C) groups is 1. The SMILES string of the molecule is CN=C(NCCc1c(F)cccc1F)NCCN(C)CCCOC. The van der Waals surface area contributed by atoms with Crippen LogP contribution in [-0.2, 0) is 11.2 Å². The summed E-state index contributed by atoms with van der Waals surface area (Å²) in [6, 6.07) is 3.90. The molecule has 0 heterocycles. The number of nitrogens with one attached hydrogen (secondary N) is 2. The second-order valence-corrected chi connectivity index (χ2v) is 5.53. The van der Waals surface area contributed by atoms with E-state index >= 15 is 0 Å². The number of likely N-dealkylation sites (N-methyl/N-ethyl adjacent to an activating group) is 1. The summed E-state index contributed by atoms with van der Waals surface area (Å²) in [7, 11) is 5.42. The van der Waals surface area contributed by atoms with Gasteiger partial charge >= 0.3 is 0 Å². The monoisotopic (exact) mass is 342 g/mol. The van der Waals surface area contributed by atoms with Crippen LogP contribution in [0.25, 0.3) is 0 Å². The number of guanidine groups is 1. The van der Waals surface area contributed by atoms with E-state index in [1.54, 1.807) is 14.2 Å². The van der Waals surface area contributed by atoms with E-state index in [4.69, 9.17) is 4.74 Å². The van der Waals surface area contributed by atoms with Crippen LogP contribution in [0.5, 0.6) is 0 Å². The maximum Gasteiger partial charge on any atom is 0.191 e. The summed E-state index contributed by atoms with van der Waals surface area (Å²) in [5.41, 5.74) is 0.0957. The number of benzene rings is 1. The Balaban J connectivity index is 2.26. The normalized spacial score (nSPS) is 11.8. The third kappa shape index (κ3) is 7.70. The number of nitrogens with zero attached hydrogens (tertiary/aromatic N) is 2. The fraction of sp³-hybridized carbons (Fsp3) is 0.588. The summed E-state index contributed by atoms with van der Waals surface area (Å²) in [5, 5.41) is 6.25. The zero-order chi connectivity index (χ0) is 17.8. The lowest BCUT2D eigenvalue weighted by Crippen LogP contribution is -2.41. The molecule has 2 N–H and O–H groups in total. The molecular formula is C17H28F2N4O. The number of rotatable bonds is 10. The molecule has 7 heteroatoms. The molecule has 0 radical (unpaired) electrons. The molecule has 0 saturated carbocycles. The maximum absolute atomic E-state index is 13.5. The number of hydrogen-bond donors (Lipinski definition) is 2. The highest BCUT2D eigenvalue weighted by Crippen LogP contribution is 2.11. The smallest absolute Gasteiger partial charge is 0.191 e. The summed E-state index contributed by atoms with van der Waals surface area (Å²) < 4.78 is 32.1. The second kappa shape index (κ2) is 11.8. The van der Waals surface area contributed by atoms with E-state index in [1.165, 1.54) is 18.2 Å². The Morgan fingerprint density at radius 3 is 2.46 bits per heavy atom. The van der Waals surface area contributed by atoms with Gasteiger partial charge in [-0.3, -0.25) is 4.99 Å². The zero-order valence-electron chi connectivity index (χ0n) is 14.7. The van der Waals surface area contributed by atoms with Gasteiger partial charge in [0.1, 0.15) is 11.6 Å². The highest BCUT2D eigenvalue weighted by molar-refractivity contribution is 5.79. The van der Waals surface area contributed by atoms with Gasteiger partial charge in [0.2, 0.25) is 0 Å². The number of halogens is 2. The van der Waals surface area contributed by atoms with Crippen LogP contribution >= 0.6 is 0 Å².